The summed E-state index contributed by atoms with van der Waals surface area (Å²) in [5.74, 6) is 2.04. The highest BCUT2D eigenvalue weighted by Gasteiger charge is 2.17. The third-order valence-electron chi connectivity index (χ3n) is 2.51. The number of morpholine rings is 1. The summed E-state index contributed by atoms with van der Waals surface area (Å²) in [7, 11) is 0. The predicted molar refractivity (Wildman–Crippen MR) is 59.2 cm³/mol. The van der Waals surface area contributed by atoms with Crippen LogP contribution in [-0.2, 0) is 17.6 Å². The Balaban J connectivity index is 1.86. The summed E-state index contributed by atoms with van der Waals surface area (Å²) in [6.45, 7) is 6.84. The van der Waals surface area contributed by atoms with Crippen LogP contribution in [0, 0.1) is 5.92 Å². The minimum Gasteiger partial charge on any atom is -0.375 e. The van der Waals surface area contributed by atoms with E-state index in [0.717, 1.165) is 31.9 Å². The van der Waals surface area contributed by atoms with Crippen molar-refractivity contribution in [1.82, 2.24) is 15.5 Å². The van der Waals surface area contributed by atoms with E-state index in [1.54, 1.807) is 0 Å². The lowest BCUT2D eigenvalue weighted by Gasteiger charge is -2.21. The summed E-state index contributed by atoms with van der Waals surface area (Å²) in [6.07, 6.45) is 1.74. The summed E-state index contributed by atoms with van der Waals surface area (Å²) >= 11 is 0. The molecule has 1 atom stereocenters. The minimum absolute atomic E-state index is 0.168. The van der Waals surface area contributed by atoms with E-state index < -0.39 is 0 Å². The topological polar surface area (TPSA) is 60.2 Å². The average Bonchev–Trinajstić information content (AvgIpc) is 2.66. The van der Waals surface area contributed by atoms with E-state index in [0.29, 0.717) is 18.2 Å². The molecular formula is C11H19N3O2. The molecule has 1 unspecified atom stereocenters. The first-order valence-electron chi connectivity index (χ1n) is 5.88. The zero-order valence-corrected chi connectivity index (χ0v) is 9.90. The van der Waals surface area contributed by atoms with Crippen LogP contribution < -0.4 is 5.32 Å². The molecule has 1 aliphatic rings. The van der Waals surface area contributed by atoms with Gasteiger partial charge in [-0.2, -0.15) is 4.98 Å². The molecule has 16 heavy (non-hydrogen) atoms. The molecule has 1 aromatic rings. The van der Waals surface area contributed by atoms with Gasteiger partial charge in [-0.25, -0.2) is 0 Å². The number of hydrogen-bond donors (Lipinski definition) is 1. The van der Waals surface area contributed by atoms with Gasteiger partial charge < -0.3 is 14.6 Å². The summed E-state index contributed by atoms with van der Waals surface area (Å²) in [5, 5.41) is 7.24. The summed E-state index contributed by atoms with van der Waals surface area (Å²) in [4.78, 5) is 4.36. The fraction of sp³-hybridized carbons (Fsp3) is 0.818. The molecule has 5 heteroatoms. The zero-order valence-electron chi connectivity index (χ0n) is 9.90. The maximum atomic E-state index is 5.58. The molecule has 0 radical (unpaired) electrons. The molecule has 0 aliphatic carbocycles. The summed E-state index contributed by atoms with van der Waals surface area (Å²) in [5.41, 5.74) is 0. The highest BCUT2D eigenvalue weighted by molar-refractivity contribution is 4.90. The Hall–Kier alpha value is -0.940. The maximum absolute atomic E-state index is 5.58. The second-order valence-electron chi connectivity index (χ2n) is 4.60. The number of ether oxygens (including phenoxy) is 1. The van der Waals surface area contributed by atoms with E-state index >= 15 is 0 Å². The van der Waals surface area contributed by atoms with Crippen molar-refractivity contribution in [1.29, 1.82) is 0 Å². The molecule has 1 saturated heterocycles. The van der Waals surface area contributed by atoms with Crippen LogP contribution in [0.4, 0.5) is 0 Å². The van der Waals surface area contributed by atoms with Crippen LogP contribution in [0.2, 0.25) is 0 Å². The molecule has 90 valence electrons. The van der Waals surface area contributed by atoms with Crippen LogP contribution in [-0.4, -0.2) is 35.9 Å². The quantitative estimate of drug-likeness (QED) is 0.821. The fourth-order valence-corrected chi connectivity index (χ4v) is 1.77. The average molecular weight is 225 g/mol. The highest BCUT2D eigenvalue weighted by Crippen LogP contribution is 2.08. The number of rotatable bonds is 4. The molecule has 0 bridgehead atoms. The van der Waals surface area contributed by atoms with E-state index in [1.165, 1.54) is 0 Å². The Morgan fingerprint density at radius 1 is 1.50 bits per heavy atom. The normalized spacial score (nSPS) is 21.6. The van der Waals surface area contributed by atoms with Gasteiger partial charge in [-0.1, -0.05) is 19.0 Å². The third kappa shape index (κ3) is 3.28. The van der Waals surface area contributed by atoms with Crippen molar-refractivity contribution >= 4 is 0 Å². The predicted octanol–water partition coefficient (Wildman–Crippen LogP) is 0.799. The van der Waals surface area contributed by atoms with Crippen molar-refractivity contribution in [3.8, 4) is 0 Å². The molecular weight excluding hydrogens is 206 g/mol. The first-order valence-corrected chi connectivity index (χ1v) is 5.88. The molecule has 1 aliphatic heterocycles. The van der Waals surface area contributed by atoms with Crippen LogP contribution >= 0.6 is 0 Å². The molecule has 0 amide bonds. The molecule has 0 saturated carbocycles. The molecule has 0 aromatic carbocycles. The number of nitrogens with zero attached hydrogens (tertiary/aromatic N) is 2. The Kier molecular flexibility index (Phi) is 3.90. The lowest BCUT2D eigenvalue weighted by Crippen LogP contribution is -2.39. The summed E-state index contributed by atoms with van der Waals surface area (Å²) in [6, 6.07) is 0. The largest absolute Gasteiger partial charge is 0.375 e. The second kappa shape index (κ2) is 5.41. The van der Waals surface area contributed by atoms with Gasteiger partial charge in [0, 0.05) is 19.5 Å². The Morgan fingerprint density at radius 3 is 3.06 bits per heavy atom. The van der Waals surface area contributed by atoms with E-state index in [2.05, 4.69) is 29.3 Å². The molecule has 5 nitrogen and oxygen atoms in total. The first-order chi connectivity index (χ1) is 7.74. The lowest BCUT2D eigenvalue weighted by atomic mass is 10.1. The number of aromatic nitrogens is 2. The van der Waals surface area contributed by atoms with Crippen molar-refractivity contribution in [3.05, 3.63) is 11.7 Å². The minimum atomic E-state index is 0.168. The second-order valence-corrected chi connectivity index (χ2v) is 4.60. The van der Waals surface area contributed by atoms with Gasteiger partial charge in [-0.3, -0.25) is 0 Å². The number of hydrogen-bond acceptors (Lipinski definition) is 5. The zero-order chi connectivity index (χ0) is 11.4. The van der Waals surface area contributed by atoms with Crippen LogP contribution in [0.5, 0.6) is 0 Å². The highest BCUT2D eigenvalue weighted by atomic mass is 16.5. The van der Waals surface area contributed by atoms with E-state index in [1.807, 2.05) is 0 Å². The van der Waals surface area contributed by atoms with Gasteiger partial charge in [0.05, 0.1) is 19.1 Å². The third-order valence-corrected chi connectivity index (χ3v) is 2.51. The van der Waals surface area contributed by atoms with E-state index in [9.17, 15) is 0 Å². The van der Waals surface area contributed by atoms with Gasteiger partial charge in [0.25, 0.3) is 0 Å². The first kappa shape index (κ1) is 11.5. The van der Waals surface area contributed by atoms with Gasteiger partial charge >= 0.3 is 0 Å². The van der Waals surface area contributed by atoms with Gasteiger partial charge in [0.15, 0.2) is 5.82 Å². The fourth-order valence-electron chi connectivity index (χ4n) is 1.77. The Labute approximate surface area is 95.6 Å². The van der Waals surface area contributed by atoms with Crippen LogP contribution in [0.1, 0.15) is 25.6 Å². The van der Waals surface area contributed by atoms with Crippen LogP contribution in [0.25, 0.3) is 0 Å². The monoisotopic (exact) mass is 225 g/mol. The molecule has 1 N–H and O–H groups in total. The molecule has 2 heterocycles. The maximum Gasteiger partial charge on any atom is 0.229 e. The molecule has 0 spiro atoms. The van der Waals surface area contributed by atoms with Crippen molar-refractivity contribution in [2.24, 2.45) is 5.92 Å². The SMILES string of the molecule is CC(C)Cc1noc(CC2CNCCO2)n1. The van der Waals surface area contributed by atoms with Gasteiger partial charge in [0.2, 0.25) is 5.89 Å². The standard InChI is InChI=1S/C11H19N3O2/c1-8(2)5-10-13-11(16-14-10)6-9-7-12-3-4-15-9/h8-9,12H,3-7H2,1-2H3. The summed E-state index contributed by atoms with van der Waals surface area (Å²) < 4.78 is 10.8. The Bertz CT molecular complexity index is 319. The van der Waals surface area contributed by atoms with Crippen molar-refractivity contribution in [2.75, 3.05) is 19.7 Å². The van der Waals surface area contributed by atoms with Crippen molar-refractivity contribution < 1.29 is 9.26 Å². The van der Waals surface area contributed by atoms with Gasteiger partial charge in [-0.05, 0) is 5.92 Å². The van der Waals surface area contributed by atoms with Crippen LogP contribution in [0.15, 0.2) is 4.52 Å². The van der Waals surface area contributed by atoms with E-state index in [-0.39, 0.29) is 6.10 Å². The van der Waals surface area contributed by atoms with Crippen molar-refractivity contribution in [2.45, 2.75) is 32.8 Å². The lowest BCUT2D eigenvalue weighted by molar-refractivity contribution is 0.0246. The molecule has 1 fully saturated rings. The smallest absolute Gasteiger partial charge is 0.229 e. The molecule has 1 aromatic heterocycles. The van der Waals surface area contributed by atoms with Gasteiger partial charge in [0.1, 0.15) is 0 Å². The molecule has 2 rings (SSSR count). The van der Waals surface area contributed by atoms with Crippen LogP contribution in [0.3, 0.4) is 0 Å². The number of nitrogens with one attached hydrogen (secondary N) is 1. The van der Waals surface area contributed by atoms with Gasteiger partial charge in [-0.15, -0.1) is 0 Å². The Morgan fingerprint density at radius 2 is 2.38 bits per heavy atom. The van der Waals surface area contributed by atoms with Crippen molar-refractivity contribution in [3.63, 3.8) is 0 Å². The van der Waals surface area contributed by atoms with E-state index in [4.69, 9.17) is 9.26 Å².